The zero-order chi connectivity index (χ0) is 32.2. The Kier molecular flexibility index (Phi) is 6.62. The molecule has 0 spiro atoms. The van der Waals surface area contributed by atoms with Crippen LogP contribution in [0.4, 0.5) is 0 Å². The van der Waals surface area contributed by atoms with Gasteiger partial charge in [0, 0.05) is 32.5 Å². The lowest BCUT2D eigenvalue weighted by Gasteiger charge is -2.12. The summed E-state index contributed by atoms with van der Waals surface area (Å²) < 4.78 is 13.4. The van der Waals surface area contributed by atoms with Gasteiger partial charge >= 0.3 is 0 Å². The van der Waals surface area contributed by atoms with E-state index in [-0.39, 0.29) is 0 Å². The lowest BCUT2D eigenvalue weighted by atomic mass is 9.91. The third-order valence-corrected chi connectivity index (χ3v) is 9.58. The van der Waals surface area contributed by atoms with Crippen LogP contribution in [0.25, 0.3) is 78.5 Å². The molecule has 2 heteroatoms. The fourth-order valence-corrected chi connectivity index (χ4v) is 7.27. The molecule has 8 aromatic rings. The quantitative estimate of drug-likeness (QED) is 0.198. The molecule has 2 nitrogen and oxygen atoms in total. The number of rotatable bonds is 3. The summed E-state index contributed by atoms with van der Waals surface area (Å²) >= 11 is 0. The average molecular weight is 617 g/mol. The molecule has 0 radical (unpaired) electrons. The molecule has 0 saturated heterocycles. The summed E-state index contributed by atoms with van der Waals surface area (Å²) in [5.74, 6) is 0. The molecule has 0 fully saturated rings. The monoisotopic (exact) mass is 616 g/mol. The molecule has 2 heterocycles. The van der Waals surface area contributed by atoms with Gasteiger partial charge < -0.3 is 8.83 Å². The SMILES string of the molecule is C=C(/C=c1/ccccc1=C)C1=c2\cccc\c2=C(c2cc3c(ccc4c5ccccc5oc43)c3c2oc2ccccc23)\C=C\CC\C=C\1. The Labute approximate surface area is 277 Å². The van der Waals surface area contributed by atoms with Crippen LogP contribution in [0.1, 0.15) is 18.4 Å². The van der Waals surface area contributed by atoms with Gasteiger partial charge in [-0.15, -0.1) is 0 Å². The zero-order valence-electron chi connectivity index (χ0n) is 26.5. The first-order valence-corrected chi connectivity index (χ1v) is 16.5. The molecule has 0 aliphatic heterocycles. The van der Waals surface area contributed by atoms with Crippen molar-refractivity contribution < 1.29 is 8.83 Å². The molecule has 228 valence electrons. The van der Waals surface area contributed by atoms with Crippen LogP contribution in [0, 0.1) is 0 Å². The largest absolute Gasteiger partial charge is 0.455 e. The maximum Gasteiger partial charge on any atom is 0.143 e. The highest BCUT2D eigenvalue weighted by molar-refractivity contribution is 6.27. The first-order chi connectivity index (χ1) is 23.7. The Morgan fingerprint density at radius 1 is 0.583 bits per heavy atom. The van der Waals surface area contributed by atoms with Crippen LogP contribution >= 0.6 is 0 Å². The number of furan rings is 2. The van der Waals surface area contributed by atoms with Gasteiger partial charge in [0.1, 0.15) is 22.3 Å². The van der Waals surface area contributed by atoms with Gasteiger partial charge in [0.25, 0.3) is 0 Å². The fourth-order valence-electron chi connectivity index (χ4n) is 7.27. The van der Waals surface area contributed by atoms with E-state index in [9.17, 15) is 0 Å². The molecule has 9 rings (SSSR count). The summed E-state index contributed by atoms with van der Waals surface area (Å²) in [6.45, 7) is 8.83. The van der Waals surface area contributed by atoms with E-state index in [4.69, 9.17) is 8.83 Å². The Morgan fingerprint density at radius 2 is 1.23 bits per heavy atom. The molecule has 48 heavy (non-hydrogen) atoms. The van der Waals surface area contributed by atoms with E-state index >= 15 is 0 Å². The predicted molar refractivity (Wildman–Crippen MR) is 202 cm³/mol. The van der Waals surface area contributed by atoms with Crippen LogP contribution in [-0.2, 0) is 0 Å². The van der Waals surface area contributed by atoms with Gasteiger partial charge in [0.2, 0.25) is 0 Å². The van der Waals surface area contributed by atoms with Crippen molar-refractivity contribution in [3.8, 4) is 0 Å². The van der Waals surface area contributed by atoms with Crippen molar-refractivity contribution >= 4 is 78.5 Å². The zero-order valence-corrected chi connectivity index (χ0v) is 26.5. The van der Waals surface area contributed by atoms with Gasteiger partial charge in [0.05, 0.1) is 0 Å². The van der Waals surface area contributed by atoms with Crippen molar-refractivity contribution in [2.24, 2.45) is 0 Å². The summed E-state index contributed by atoms with van der Waals surface area (Å²) in [4.78, 5) is 0. The topological polar surface area (TPSA) is 26.3 Å². The number of benzene rings is 6. The Morgan fingerprint density at radius 3 is 2.06 bits per heavy atom. The molecule has 0 atom stereocenters. The summed E-state index contributed by atoms with van der Waals surface area (Å²) in [6, 6.07) is 40.2. The third-order valence-electron chi connectivity index (χ3n) is 9.58. The van der Waals surface area contributed by atoms with E-state index in [1.54, 1.807) is 0 Å². The van der Waals surface area contributed by atoms with Crippen LogP contribution in [-0.4, -0.2) is 0 Å². The van der Waals surface area contributed by atoms with Gasteiger partial charge in [-0.05, 0) is 86.2 Å². The van der Waals surface area contributed by atoms with Gasteiger partial charge in [0.15, 0.2) is 0 Å². The molecular weight excluding hydrogens is 585 g/mol. The standard InChI is InChI=1S/C46H32O2/c1-29-15-7-8-16-31(29)27-30(2)32-17-5-3-4-6-18-35(34-20-10-9-19-33(32)34)40-28-41-37(44-39-22-12-14-24-43(39)48-46(40)44)25-26-38-36-21-11-13-23-42(36)47-45(38)41/h5-28H,1-4H2/b17-5+,18-6+,31-27-,33-32+,35-34+. The van der Waals surface area contributed by atoms with Crippen molar-refractivity contribution in [2.45, 2.75) is 12.8 Å². The highest BCUT2D eigenvalue weighted by Gasteiger charge is 2.20. The van der Waals surface area contributed by atoms with Crippen molar-refractivity contribution in [3.05, 3.63) is 178 Å². The van der Waals surface area contributed by atoms with Crippen molar-refractivity contribution in [1.29, 1.82) is 0 Å². The van der Waals surface area contributed by atoms with Gasteiger partial charge in [-0.1, -0.05) is 128 Å². The van der Waals surface area contributed by atoms with Gasteiger partial charge in [-0.3, -0.25) is 0 Å². The summed E-state index contributed by atoms with van der Waals surface area (Å²) in [5, 5.41) is 10.9. The molecular formula is C46H32O2. The number of hydrogen-bond donors (Lipinski definition) is 0. The normalized spacial score (nSPS) is 17.7. The molecule has 2 aromatic heterocycles. The summed E-state index contributed by atoms with van der Waals surface area (Å²) in [7, 11) is 0. The molecule has 0 saturated carbocycles. The van der Waals surface area contributed by atoms with Gasteiger partial charge in [-0.2, -0.15) is 0 Å². The van der Waals surface area contributed by atoms with Crippen LogP contribution in [0.15, 0.2) is 161 Å². The molecule has 0 amide bonds. The van der Waals surface area contributed by atoms with E-state index in [2.05, 4.69) is 122 Å². The van der Waals surface area contributed by atoms with Crippen LogP contribution in [0.3, 0.4) is 0 Å². The molecule has 1 aliphatic rings. The Hall–Kier alpha value is -6.12. The highest BCUT2D eigenvalue weighted by atomic mass is 16.3. The molecule has 0 N–H and O–H groups in total. The fraction of sp³-hybridized carbons (Fsp3) is 0.0435. The first-order valence-electron chi connectivity index (χ1n) is 16.5. The average Bonchev–Trinajstić information content (AvgIpc) is 3.70. The molecule has 0 unspecified atom stereocenters. The second-order valence-electron chi connectivity index (χ2n) is 12.5. The first kappa shape index (κ1) is 28.1. The van der Waals surface area contributed by atoms with Crippen molar-refractivity contribution in [2.75, 3.05) is 0 Å². The molecule has 1 aliphatic carbocycles. The van der Waals surface area contributed by atoms with E-state index in [0.29, 0.717) is 0 Å². The Bertz CT molecular complexity index is 2930. The van der Waals surface area contributed by atoms with E-state index < -0.39 is 0 Å². The van der Waals surface area contributed by atoms with Crippen LogP contribution < -0.4 is 20.9 Å². The molecule has 0 bridgehead atoms. The minimum absolute atomic E-state index is 0.869. The predicted octanol–water partition coefficient (Wildman–Crippen LogP) is 9.34. The minimum Gasteiger partial charge on any atom is -0.455 e. The maximum absolute atomic E-state index is 6.79. The lowest BCUT2D eigenvalue weighted by Crippen LogP contribution is -2.29. The van der Waals surface area contributed by atoms with Crippen molar-refractivity contribution in [1.82, 2.24) is 0 Å². The minimum atomic E-state index is 0.869. The second kappa shape index (κ2) is 11.3. The maximum atomic E-state index is 6.79. The Balaban J connectivity index is 1.46. The summed E-state index contributed by atoms with van der Waals surface area (Å²) in [5.41, 5.74) is 7.69. The smallest absolute Gasteiger partial charge is 0.143 e. The second-order valence-corrected chi connectivity index (χ2v) is 12.5. The van der Waals surface area contributed by atoms with Crippen LogP contribution in [0.2, 0.25) is 0 Å². The number of allylic oxidation sites excluding steroid dienone is 5. The van der Waals surface area contributed by atoms with Crippen molar-refractivity contribution in [3.63, 3.8) is 0 Å². The molecule has 6 aromatic carbocycles. The van der Waals surface area contributed by atoms with Gasteiger partial charge in [-0.25, -0.2) is 0 Å². The van der Waals surface area contributed by atoms with E-state index in [1.807, 2.05) is 36.4 Å². The number of para-hydroxylation sites is 2. The van der Waals surface area contributed by atoms with Crippen LogP contribution in [0.5, 0.6) is 0 Å². The van der Waals surface area contributed by atoms with E-state index in [1.165, 1.54) is 0 Å². The third kappa shape index (κ3) is 4.49. The number of hydrogen-bond acceptors (Lipinski definition) is 2. The number of fused-ring (bicyclic) bond motifs is 10. The summed E-state index contributed by atoms with van der Waals surface area (Å²) in [6.07, 6.45) is 13.0. The highest BCUT2D eigenvalue weighted by Crippen LogP contribution is 2.43. The van der Waals surface area contributed by atoms with E-state index in [0.717, 1.165) is 111 Å². The lowest BCUT2D eigenvalue weighted by molar-refractivity contribution is 0.667.